The zero-order valence-electron chi connectivity index (χ0n) is 4.87. The lowest BCUT2D eigenvalue weighted by Crippen LogP contribution is -1.87. The molecule has 1 radical (unpaired) electrons. The molecule has 10 heavy (non-hydrogen) atoms. The molecular weight excluding hydrogens is 154 g/mol. The molecule has 0 amide bonds. The molecule has 0 fully saturated rings. The molecule has 0 bridgehead atoms. The van der Waals surface area contributed by atoms with Crippen LogP contribution >= 0.6 is 11.6 Å². The number of hydrogen-bond acceptors (Lipinski definition) is 2. The van der Waals surface area contributed by atoms with Crippen molar-refractivity contribution in [2.45, 2.75) is 0 Å². The fourth-order valence-electron chi connectivity index (χ4n) is 0.543. The molecule has 0 spiro atoms. The Bertz CT molecular complexity index is 262. The van der Waals surface area contributed by atoms with E-state index in [2.05, 4.69) is 6.07 Å². The summed E-state index contributed by atoms with van der Waals surface area (Å²) in [6.07, 6.45) is 0. The van der Waals surface area contributed by atoms with Crippen LogP contribution in [0.3, 0.4) is 0 Å². The smallest absolute Gasteiger partial charge is 0.258 e. The van der Waals surface area contributed by atoms with Gasteiger partial charge < -0.3 is 0 Å². The second kappa shape index (κ2) is 2.66. The van der Waals surface area contributed by atoms with Gasteiger partial charge in [-0.25, -0.2) is 0 Å². The number of rotatable bonds is 1. The molecule has 0 saturated heterocycles. The van der Waals surface area contributed by atoms with Gasteiger partial charge in [0.05, 0.1) is 4.92 Å². The Kier molecular flexibility index (Phi) is 1.87. The summed E-state index contributed by atoms with van der Waals surface area (Å²) in [6, 6.07) is 6.75. The summed E-state index contributed by atoms with van der Waals surface area (Å²) < 4.78 is 0. The average molecular weight is 157 g/mol. The second-order valence-corrected chi connectivity index (χ2v) is 2.04. The maximum atomic E-state index is 10.1. The molecule has 0 N–H and O–H groups in total. The summed E-state index contributed by atoms with van der Waals surface area (Å²) in [6.45, 7) is 0. The molecule has 0 unspecified atom stereocenters. The Morgan fingerprint density at radius 1 is 1.70 bits per heavy atom. The maximum Gasteiger partial charge on any atom is 0.288 e. The van der Waals surface area contributed by atoms with Crippen LogP contribution in [0, 0.1) is 16.2 Å². The van der Waals surface area contributed by atoms with Gasteiger partial charge in [0.25, 0.3) is 5.69 Å². The van der Waals surface area contributed by atoms with Gasteiger partial charge in [-0.15, -0.1) is 0 Å². The second-order valence-electron chi connectivity index (χ2n) is 1.63. The summed E-state index contributed by atoms with van der Waals surface area (Å²) in [5, 5.41) is 10.3. The molecule has 3 nitrogen and oxygen atoms in total. The van der Waals surface area contributed by atoms with E-state index in [-0.39, 0.29) is 10.7 Å². The van der Waals surface area contributed by atoms with Gasteiger partial charge in [-0.1, -0.05) is 17.7 Å². The minimum atomic E-state index is -0.543. The van der Waals surface area contributed by atoms with E-state index in [1.807, 2.05) is 0 Å². The molecular formula is C6H3ClNO2. The van der Waals surface area contributed by atoms with Crippen LogP contribution < -0.4 is 0 Å². The van der Waals surface area contributed by atoms with Crippen LogP contribution in [0.1, 0.15) is 0 Å². The number of nitrogens with zero attached hydrogens (tertiary/aromatic N) is 1. The van der Waals surface area contributed by atoms with Crippen molar-refractivity contribution < 1.29 is 4.92 Å². The molecule has 1 aromatic carbocycles. The molecule has 0 atom stereocenters. The molecule has 0 aliphatic rings. The van der Waals surface area contributed by atoms with E-state index in [0.717, 1.165) is 0 Å². The Morgan fingerprint density at radius 2 is 2.40 bits per heavy atom. The van der Waals surface area contributed by atoms with Crippen molar-refractivity contribution in [2.24, 2.45) is 0 Å². The monoisotopic (exact) mass is 156 g/mol. The predicted molar refractivity (Wildman–Crippen MR) is 36.9 cm³/mol. The van der Waals surface area contributed by atoms with Crippen molar-refractivity contribution in [3.05, 3.63) is 39.4 Å². The Morgan fingerprint density at radius 3 is 2.80 bits per heavy atom. The number of hydrogen-bond donors (Lipinski definition) is 0. The highest BCUT2D eigenvalue weighted by atomic mass is 35.5. The van der Waals surface area contributed by atoms with E-state index in [1.54, 1.807) is 0 Å². The highest BCUT2D eigenvalue weighted by molar-refractivity contribution is 6.32. The standard InChI is InChI=1S/C6H3ClNO2/c7-5-3-1-2-4-6(5)8(9)10/h1,3-4H. The van der Waals surface area contributed by atoms with Gasteiger partial charge in [-0.2, -0.15) is 0 Å². The van der Waals surface area contributed by atoms with Crippen molar-refractivity contribution in [1.82, 2.24) is 0 Å². The molecule has 0 saturated carbocycles. The number of halogens is 1. The first kappa shape index (κ1) is 7.02. The molecule has 0 aromatic heterocycles. The molecule has 1 rings (SSSR count). The molecule has 0 aliphatic heterocycles. The molecule has 4 heteroatoms. The van der Waals surface area contributed by atoms with Gasteiger partial charge in [0.2, 0.25) is 0 Å². The normalized spacial score (nSPS) is 9.30. The molecule has 1 aromatic rings. The van der Waals surface area contributed by atoms with E-state index in [1.165, 1.54) is 18.2 Å². The van der Waals surface area contributed by atoms with Crippen LogP contribution in [-0.4, -0.2) is 4.92 Å². The summed E-state index contributed by atoms with van der Waals surface area (Å²) in [7, 11) is 0. The van der Waals surface area contributed by atoms with Crippen LogP contribution in [0.15, 0.2) is 18.2 Å². The van der Waals surface area contributed by atoms with E-state index in [4.69, 9.17) is 11.6 Å². The largest absolute Gasteiger partial charge is 0.288 e. The third-order valence-electron chi connectivity index (χ3n) is 0.987. The zero-order chi connectivity index (χ0) is 7.56. The lowest BCUT2D eigenvalue weighted by Gasteiger charge is -1.90. The van der Waals surface area contributed by atoms with E-state index in [0.29, 0.717) is 0 Å². The van der Waals surface area contributed by atoms with Crippen LogP contribution in [0.5, 0.6) is 0 Å². The Hall–Kier alpha value is -1.09. The van der Waals surface area contributed by atoms with Gasteiger partial charge in [-0.05, 0) is 12.1 Å². The van der Waals surface area contributed by atoms with Crippen molar-refractivity contribution in [1.29, 1.82) is 0 Å². The van der Waals surface area contributed by atoms with Crippen molar-refractivity contribution >= 4 is 17.3 Å². The minimum absolute atomic E-state index is 0.107. The first-order valence-electron chi connectivity index (χ1n) is 2.52. The lowest BCUT2D eigenvalue weighted by atomic mass is 10.3. The van der Waals surface area contributed by atoms with Crippen molar-refractivity contribution in [3.8, 4) is 0 Å². The average Bonchev–Trinajstić information content (AvgIpc) is 1.88. The van der Waals surface area contributed by atoms with E-state index < -0.39 is 4.92 Å². The Balaban J connectivity index is 3.15. The minimum Gasteiger partial charge on any atom is -0.258 e. The van der Waals surface area contributed by atoms with Crippen LogP contribution in [-0.2, 0) is 0 Å². The van der Waals surface area contributed by atoms with Crippen molar-refractivity contribution in [3.63, 3.8) is 0 Å². The fourth-order valence-corrected chi connectivity index (χ4v) is 0.729. The summed E-state index contributed by atoms with van der Waals surface area (Å²) >= 11 is 5.46. The molecule has 51 valence electrons. The van der Waals surface area contributed by atoms with Gasteiger partial charge in [0.15, 0.2) is 0 Å². The van der Waals surface area contributed by atoms with Gasteiger partial charge in [-0.3, -0.25) is 10.1 Å². The van der Waals surface area contributed by atoms with E-state index >= 15 is 0 Å². The van der Waals surface area contributed by atoms with Crippen molar-refractivity contribution in [2.75, 3.05) is 0 Å². The zero-order valence-corrected chi connectivity index (χ0v) is 5.63. The lowest BCUT2D eigenvalue weighted by molar-refractivity contribution is -0.384. The summed E-state index contributed by atoms with van der Waals surface area (Å²) in [5.41, 5.74) is -0.107. The fraction of sp³-hybridized carbons (Fsp3) is 0. The van der Waals surface area contributed by atoms with Gasteiger partial charge in [0, 0.05) is 6.07 Å². The highest BCUT2D eigenvalue weighted by Gasteiger charge is 2.08. The van der Waals surface area contributed by atoms with E-state index in [9.17, 15) is 10.1 Å². The van der Waals surface area contributed by atoms with Gasteiger partial charge in [0.1, 0.15) is 5.02 Å². The topological polar surface area (TPSA) is 43.1 Å². The molecule has 0 aliphatic carbocycles. The number of nitro benzene ring substituents is 1. The summed E-state index contributed by atoms with van der Waals surface area (Å²) in [4.78, 5) is 9.58. The first-order valence-corrected chi connectivity index (χ1v) is 2.89. The maximum absolute atomic E-state index is 10.1. The SMILES string of the molecule is O=[N+]([O-])c1c[c]ccc1Cl. The van der Waals surface area contributed by atoms with Crippen LogP contribution in [0.2, 0.25) is 5.02 Å². The summed E-state index contributed by atoms with van der Waals surface area (Å²) in [5.74, 6) is 0. The quantitative estimate of drug-likeness (QED) is 0.461. The Labute approximate surface area is 62.4 Å². The van der Waals surface area contributed by atoms with Gasteiger partial charge >= 0.3 is 0 Å². The van der Waals surface area contributed by atoms with Crippen LogP contribution in [0.25, 0.3) is 0 Å². The highest BCUT2D eigenvalue weighted by Crippen LogP contribution is 2.21. The van der Waals surface area contributed by atoms with Crippen LogP contribution in [0.4, 0.5) is 5.69 Å². The first-order chi connectivity index (χ1) is 4.72. The number of nitro groups is 1. The number of benzene rings is 1. The third kappa shape index (κ3) is 1.25. The predicted octanol–water partition coefficient (Wildman–Crippen LogP) is 2.05. The molecule has 0 heterocycles. The third-order valence-corrected chi connectivity index (χ3v) is 1.31.